The maximum Gasteiger partial charge on any atom is 0.131 e. The number of rotatable bonds is 4. The first kappa shape index (κ1) is 15.0. The first-order valence-corrected chi connectivity index (χ1v) is 7.85. The van der Waals surface area contributed by atoms with E-state index in [4.69, 9.17) is 4.74 Å². The standard InChI is InChI=1S/C19H22FNO/c1-11(2)15-8-16(18(22-4)9-17(15)20)19-12(3)7-14(10-21-19)13-5-6-13/h7-11,13H,5-6H2,1-4H3. The molecule has 0 spiro atoms. The van der Waals surface area contributed by atoms with Gasteiger partial charge in [-0.25, -0.2) is 4.39 Å². The molecule has 2 nitrogen and oxygen atoms in total. The minimum absolute atomic E-state index is 0.121. The topological polar surface area (TPSA) is 22.1 Å². The maximum absolute atomic E-state index is 14.2. The second-order valence-electron chi connectivity index (χ2n) is 6.44. The van der Waals surface area contributed by atoms with E-state index < -0.39 is 0 Å². The van der Waals surface area contributed by atoms with Crippen molar-refractivity contribution in [2.24, 2.45) is 0 Å². The lowest BCUT2D eigenvalue weighted by Gasteiger charge is -2.15. The van der Waals surface area contributed by atoms with Crippen LogP contribution in [0.15, 0.2) is 24.4 Å². The van der Waals surface area contributed by atoms with Crippen LogP contribution in [0.25, 0.3) is 11.3 Å². The average Bonchev–Trinajstić information content (AvgIpc) is 3.31. The molecule has 0 radical (unpaired) electrons. The summed E-state index contributed by atoms with van der Waals surface area (Å²) in [6.45, 7) is 6.04. The Morgan fingerprint density at radius 1 is 1.23 bits per heavy atom. The van der Waals surface area contributed by atoms with Gasteiger partial charge in [0.2, 0.25) is 0 Å². The third-order valence-electron chi connectivity index (χ3n) is 4.34. The highest BCUT2D eigenvalue weighted by Crippen LogP contribution is 2.41. The minimum Gasteiger partial charge on any atom is -0.496 e. The van der Waals surface area contributed by atoms with Gasteiger partial charge in [0.1, 0.15) is 11.6 Å². The molecule has 1 heterocycles. The van der Waals surface area contributed by atoms with E-state index in [1.54, 1.807) is 7.11 Å². The van der Waals surface area contributed by atoms with Crippen LogP contribution >= 0.6 is 0 Å². The van der Waals surface area contributed by atoms with Gasteiger partial charge in [-0.15, -0.1) is 0 Å². The fourth-order valence-corrected chi connectivity index (χ4v) is 2.89. The molecule has 0 aliphatic heterocycles. The second kappa shape index (κ2) is 5.71. The van der Waals surface area contributed by atoms with E-state index in [-0.39, 0.29) is 11.7 Å². The van der Waals surface area contributed by atoms with Gasteiger partial charge in [0.25, 0.3) is 0 Å². The summed E-state index contributed by atoms with van der Waals surface area (Å²) in [5.41, 5.74) is 4.87. The van der Waals surface area contributed by atoms with Crippen molar-refractivity contribution in [3.05, 3.63) is 46.9 Å². The molecule has 1 saturated carbocycles. The van der Waals surface area contributed by atoms with Gasteiger partial charge in [-0.05, 0) is 54.4 Å². The van der Waals surface area contributed by atoms with Gasteiger partial charge < -0.3 is 4.74 Å². The van der Waals surface area contributed by atoms with E-state index >= 15 is 0 Å². The molecule has 1 aliphatic rings. The number of ether oxygens (including phenoxy) is 1. The van der Waals surface area contributed by atoms with Crippen molar-refractivity contribution in [2.75, 3.05) is 7.11 Å². The van der Waals surface area contributed by atoms with E-state index in [9.17, 15) is 4.39 Å². The number of halogens is 1. The molecule has 3 rings (SSSR count). The Morgan fingerprint density at radius 3 is 2.50 bits per heavy atom. The molecule has 0 N–H and O–H groups in total. The van der Waals surface area contributed by atoms with Crippen LogP contribution in [0, 0.1) is 12.7 Å². The molecule has 0 atom stereocenters. The van der Waals surface area contributed by atoms with E-state index in [0.29, 0.717) is 17.2 Å². The summed E-state index contributed by atoms with van der Waals surface area (Å²) in [6.07, 6.45) is 4.48. The van der Waals surface area contributed by atoms with Crippen molar-refractivity contribution in [2.45, 2.75) is 45.4 Å². The van der Waals surface area contributed by atoms with E-state index in [1.807, 2.05) is 26.1 Å². The number of pyridine rings is 1. The van der Waals surface area contributed by atoms with Crippen LogP contribution in [0.4, 0.5) is 4.39 Å². The Labute approximate surface area is 131 Å². The van der Waals surface area contributed by atoms with Gasteiger partial charge in [-0.2, -0.15) is 0 Å². The Bertz CT molecular complexity index is 705. The van der Waals surface area contributed by atoms with Crippen LogP contribution in [0.5, 0.6) is 5.75 Å². The number of methoxy groups -OCH3 is 1. The van der Waals surface area contributed by atoms with Crippen LogP contribution in [-0.4, -0.2) is 12.1 Å². The maximum atomic E-state index is 14.2. The second-order valence-corrected chi connectivity index (χ2v) is 6.44. The number of hydrogen-bond acceptors (Lipinski definition) is 2. The summed E-state index contributed by atoms with van der Waals surface area (Å²) in [4.78, 5) is 4.65. The molecule has 0 saturated heterocycles. The molecule has 0 bridgehead atoms. The zero-order chi connectivity index (χ0) is 15.9. The minimum atomic E-state index is -0.220. The van der Waals surface area contributed by atoms with E-state index in [0.717, 1.165) is 16.8 Å². The molecule has 1 aliphatic carbocycles. The van der Waals surface area contributed by atoms with E-state index in [2.05, 4.69) is 18.0 Å². The number of aryl methyl sites for hydroxylation is 1. The number of nitrogens with zero attached hydrogens (tertiary/aromatic N) is 1. The quantitative estimate of drug-likeness (QED) is 0.773. The van der Waals surface area contributed by atoms with Crippen molar-refractivity contribution in [1.29, 1.82) is 0 Å². The Hall–Kier alpha value is -1.90. The zero-order valence-electron chi connectivity index (χ0n) is 13.6. The third kappa shape index (κ3) is 2.72. The zero-order valence-corrected chi connectivity index (χ0v) is 13.6. The average molecular weight is 299 g/mol. The monoisotopic (exact) mass is 299 g/mol. The summed E-state index contributed by atoms with van der Waals surface area (Å²) >= 11 is 0. The molecular formula is C19H22FNO. The summed E-state index contributed by atoms with van der Waals surface area (Å²) < 4.78 is 19.5. The summed E-state index contributed by atoms with van der Waals surface area (Å²) in [7, 11) is 1.57. The van der Waals surface area contributed by atoms with Gasteiger partial charge >= 0.3 is 0 Å². The highest BCUT2D eigenvalue weighted by Gasteiger charge is 2.25. The predicted octanol–water partition coefficient (Wildman–Crippen LogP) is 5.21. The molecule has 22 heavy (non-hydrogen) atoms. The van der Waals surface area contributed by atoms with Crippen molar-refractivity contribution >= 4 is 0 Å². The van der Waals surface area contributed by atoms with Gasteiger partial charge in [0.05, 0.1) is 12.8 Å². The van der Waals surface area contributed by atoms with Crippen LogP contribution in [0.2, 0.25) is 0 Å². The van der Waals surface area contributed by atoms with Gasteiger partial charge in [0, 0.05) is 17.8 Å². The lowest BCUT2D eigenvalue weighted by atomic mass is 9.96. The Kier molecular flexibility index (Phi) is 3.90. The largest absolute Gasteiger partial charge is 0.496 e. The molecule has 1 aromatic heterocycles. The van der Waals surface area contributed by atoms with E-state index in [1.165, 1.54) is 24.5 Å². The fourth-order valence-electron chi connectivity index (χ4n) is 2.89. The SMILES string of the molecule is COc1cc(F)c(C(C)C)cc1-c1ncc(C2CC2)cc1C. The fraction of sp³-hybridized carbons (Fsp3) is 0.421. The first-order valence-electron chi connectivity index (χ1n) is 7.85. The van der Waals surface area contributed by atoms with Gasteiger partial charge in [-0.1, -0.05) is 19.9 Å². The normalized spacial score (nSPS) is 14.5. The molecule has 116 valence electrons. The molecule has 3 heteroatoms. The summed E-state index contributed by atoms with van der Waals surface area (Å²) in [5, 5.41) is 0. The van der Waals surface area contributed by atoms with Crippen molar-refractivity contribution in [3.8, 4) is 17.0 Å². The third-order valence-corrected chi connectivity index (χ3v) is 4.34. The number of hydrogen-bond donors (Lipinski definition) is 0. The molecule has 0 unspecified atom stereocenters. The number of benzene rings is 1. The van der Waals surface area contributed by atoms with Crippen LogP contribution < -0.4 is 4.74 Å². The predicted molar refractivity (Wildman–Crippen MR) is 87.0 cm³/mol. The van der Waals surface area contributed by atoms with Crippen molar-refractivity contribution < 1.29 is 9.13 Å². The van der Waals surface area contributed by atoms with Crippen molar-refractivity contribution in [3.63, 3.8) is 0 Å². The van der Waals surface area contributed by atoms with Gasteiger partial charge in [0.15, 0.2) is 0 Å². The van der Waals surface area contributed by atoms with Crippen molar-refractivity contribution in [1.82, 2.24) is 4.98 Å². The first-order chi connectivity index (χ1) is 10.5. The smallest absolute Gasteiger partial charge is 0.131 e. The van der Waals surface area contributed by atoms with Crippen LogP contribution in [0.1, 0.15) is 55.2 Å². The highest BCUT2D eigenvalue weighted by molar-refractivity contribution is 5.71. The summed E-state index contributed by atoms with van der Waals surface area (Å²) in [5.74, 6) is 1.12. The molecule has 0 amide bonds. The molecule has 1 aromatic carbocycles. The number of aromatic nitrogens is 1. The molecule has 2 aromatic rings. The van der Waals surface area contributed by atoms with Gasteiger partial charge in [-0.3, -0.25) is 4.98 Å². The summed E-state index contributed by atoms with van der Waals surface area (Å²) in [6, 6.07) is 5.56. The van der Waals surface area contributed by atoms with Crippen LogP contribution in [-0.2, 0) is 0 Å². The van der Waals surface area contributed by atoms with Crippen LogP contribution in [0.3, 0.4) is 0 Å². The lowest BCUT2D eigenvalue weighted by molar-refractivity contribution is 0.412. The highest BCUT2D eigenvalue weighted by atomic mass is 19.1. The molecular weight excluding hydrogens is 277 g/mol. The Morgan fingerprint density at radius 2 is 1.95 bits per heavy atom. The Balaban J connectivity index is 2.11. The lowest BCUT2D eigenvalue weighted by Crippen LogP contribution is -2.00. The molecule has 1 fully saturated rings.